The fourth-order valence-corrected chi connectivity index (χ4v) is 6.94. The molecular formula is C46H28N4O. The molecule has 10 aromatic rings. The number of benzene rings is 7. The lowest BCUT2D eigenvalue weighted by atomic mass is 9.98. The van der Waals surface area contributed by atoms with Crippen molar-refractivity contribution in [3.8, 4) is 56.5 Å². The largest absolute Gasteiger partial charge is 0.454 e. The van der Waals surface area contributed by atoms with Gasteiger partial charge >= 0.3 is 0 Å². The molecule has 238 valence electrons. The molecule has 0 amide bonds. The first-order valence-corrected chi connectivity index (χ1v) is 17.0. The van der Waals surface area contributed by atoms with Crippen LogP contribution in [0.2, 0.25) is 0 Å². The van der Waals surface area contributed by atoms with Crippen LogP contribution in [0.3, 0.4) is 0 Å². The van der Waals surface area contributed by atoms with Crippen LogP contribution in [0.4, 0.5) is 0 Å². The van der Waals surface area contributed by atoms with E-state index in [0.29, 0.717) is 17.5 Å². The van der Waals surface area contributed by atoms with Gasteiger partial charge in [0.05, 0.1) is 5.52 Å². The van der Waals surface area contributed by atoms with E-state index in [1.165, 1.54) is 10.8 Å². The van der Waals surface area contributed by atoms with Crippen LogP contribution in [-0.4, -0.2) is 19.9 Å². The Morgan fingerprint density at radius 3 is 1.43 bits per heavy atom. The Kier molecular flexibility index (Phi) is 6.74. The Labute approximate surface area is 293 Å². The van der Waals surface area contributed by atoms with Crippen molar-refractivity contribution in [3.05, 3.63) is 170 Å². The van der Waals surface area contributed by atoms with Gasteiger partial charge in [0.25, 0.3) is 0 Å². The fraction of sp³-hybridized carbons (Fsp3) is 0. The molecule has 0 aliphatic heterocycles. The topological polar surface area (TPSA) is 64.7 Å². The third-order valence-corrected chi connectivity index (χ3v) is 9.51. The third kappa shape index (κ3) is 5.11. The number of fused-ring (bicyclic) bond motifs is 6. The highest BCUT2D eigenvalue weighted by Crippen LogP contribution is 2.40. The maximum atomic E-state index is 6.52. The molecule has 51 heavy (non-hydrogen) atoms. The average molecular weight is 653 g/mol. The summed E-state index contributed by atoms with van der Waals surface area (Å²) in [5.41, 5.74) is 9.47. The van der Waals surface area contributed by atoms with Gasteiger partial charge in [-0.25, -0.2) is 19.9 Å². The molecular weight excluding hydrogens is 625 g/mol. The standard InChI is InChI=1S/C46H28N4O/c1-3-11-32(12-4-1)44-48-45(33-13-5-2-6-14-33)50-46(49-44)34-25-21-30(22-26-34)29-19-23-31(24-20-29)42-43-41(37-17-9-10-18-40(37)51-43)38-27-35-15-7-8-16-36(35)28-39(38)47-42/h1-28H. The van der Waals surface area contributed by atoms with Crippen LogP contribution in [-0.2, 0) is 0 Å². The van der Waals surface area contributed by atoms with Crippen LogP contribution in [0.1, 0.15) is 0 Å². The van der Waals surface area contributed by atoms with Crippen molar-refractivity contribution in [2.75, 3.05) is 0 Å². The van der Waals surface area contributed by atoms with E-state index in [1.54, 1.807) is 0 Å². The molecule has 0 atom stereocenters. The van der Waals surface area contributed by atoms with Crippen molar-refractivity contribution in [2.45, 2.75) is 0 Å². The second-order valence-electron chi connectivity index (χ2n) is 12.7. The van der Waals surface area contributed by atoms with Crippen molar-refractivity contribution in [2.24, 2.45) is 0 Å². The average Bonchev–Trinajstić information content (AvgIpc) is 3.61. The highest BCUT2D eigenvalue weighted by Gasteiger charge is 2.18. The number of hydrogen-bond donors (Lipinski definition) is 0. The number of aromatic nitrogens is 4. The van der Waals surface area contributed by atoms with Crippen LogP contribution in [0, 0.1) is 0 Å². The van der Waals surface area contributed by atoms with E-state index in [2.05, 4.69) is 97.1 Å². The minimum Gasteiger partial charge on any atom is -0.454 e. The Morgan fingerprint density at radius 2 is 0.824 bits per heavy atom. The summed E-state index contributed by atoms with van der Waals surface area (Å²) < 4.78 is 6.52. The van der Waals surface area contributed by atoms with E-state index >= 15 is 0 Å². The van der Waals surface area contributed by atoms with Gasteiger partial charge in [-0.3, -0.25) is 0 Å². The molecule has 0 spiro atoms. The first-order valence-electron chi connectivity index (χ1n) is 17.0. The number of rotatable bonds is 5. The van der Waals surface area contributed by atoms with Crippen molar-refractivity contribution in [1.29, 1.82) is 0 Å². The van der Waals surface area contributed by atoms with Gasteiger partial charge in [0, 0.05) is 38.4 Å². The second kappa shape index (κ2) is 11.9. The van der Waals surface area contributed by atoms with Crippen molar-refractivity contribution >= 4 is 43.6 Å². The maximum Gasteiger partial charge on any atom is 0.164 e. The summed E-state index contributed by atoms with van der Waals surface area (Å²) in [5, 5.41) is 5.64. The zero-order chi connectivity index (χ0) is 33.7. The fourth-order valence-electron chi connectivity index (χ4n) is 6.94. The smallest absolute Gasteiger partial charge is 0.164 e. The summed E-state index contributed by atoms with van der Waals surface area (Å²) in [4.78, 5) is 19.8. The van der Waals surface area contributed by atoms with Gasteiger partial charge in [0.15, 0.2) is 23.1 Å². The van der Waals surface area contributed by atoms with Crippen LogP contribution >= 0.6 is 0 Å². The van der Waals surface area contributed by atoms with Crippen LogP contribution in [0.15, 0.2) is 174 Å². The quantitative estimate of drug-likeness (QED) is 0.173. The summed E-state index contributed by atoms with van der Waals surface area (Å²) in [6.07, 6.45) is 0. The van der Waals surface area contributed by atoms with Gasteiger partial charge in [-0.15, -0.1) is 0 Å². The monoisotopic (exact) mass is 652 g/mol. The van der Waals surface area contributed by atoms with Crippen LogP contribution in [0.25, 0.3) is 100 Å². The van der Waals surface area contributed by atoms with Gasteiger partial charge in [-0.2, -0.15) is 0 Å². The number of furan rings is 1. The first-order chi connectivity index (χ1) is 25.2. The molecule has 5 heteroatoms. The van der Waals surface area contributed by atoms with E-state index in [9.17, 15) is 0 Å². The summed E-state index contributed by atoms with van der Waals surface area (Å²) in [7, 11) is 0. The predicted octanol–water partition coefficient (Wildman–Crippen LogP) is 11.8. The number of pyridine rings is 1. The Morgan fingerprint density at radius 1 is 0.353 bits per heavy atom. The highest BCUT2D eigenvalue weighted by molar-refractivity contribution is 6.22. The van der Waals surface area contributed by atoms with E-state index in [4.69, 9.17) is 24.4 Å². The minimum atomic E-state index is 0.634. The van der Waals surface area contributed by atoms with Crippen LogP contribution in [0.5, 0.6) is 0 Å². The van der Waals surface area contributed by atoms with Gasteiger partial charge in [-0.05, 0) is 40.1 Å². The van der Waals surface area contributed by atoms with Gasteiger partial charge < -0.3 is 4.42 Å². The maximum absolute atomic E-state index is 6.52. The lowest BCUT2D eigenvalue weighted by Crippen LogP contribution is -2.00. The van der Waals surface area contributed by atoms with E-state index in [1.807, 2.05) is 72.8 Å². The second-order valence-corrected chi connectivity index (χ2v) is 12.7. The molecule has 0 saturated heterocycles. The lowest BCUT2D eigenvalue weighted by Gasteiger charge is -2.10. The molecule has 0 aliphatic carbocycles. The molecule has 7 aromatic carbocycles. The molecule has 0 bridgehead atoms. The van der Waals surface area contributed by atoms with Gasteiger partial charge in [0.2, 0.25) is 0 Å². The number of hydrogen-bond acceptors (Lipinski definition) is 5. The molecule has 5 nitrogen and oxygen atoms in total. The van der Waals surface area contributed by atoms with Crippen molar-refractivity contribution < 1.29 is 4.42 Å². The SMILES string of the molecule is c1ccc(-c2nc(-c3ccccc3)nc(-c3ccc(-c4ccc(-c5nc6cc7ccccc7cc6c6c5oc5ccccc56)cc4)cc3)n2)cc1. The third-order valence-electron chi connectivity index (χ3n) is 9.51. The molecule has 0 fully saturated rings. The summed E-state index contributed by atoms with van der Waals surface area (Å²) in [6, 6.07) is 58.1. The Hall–Kier alpha value is -6.98. The predicted molar refractivity (Wildman–Crippen MR) is 207 cm³/mol. The molecule has 10 rings (SSSR count). The molecule has 0 saturated carbocycles. The molecule has 3 heterocycles. The number of para-hydroxylation sites is 1. The first kappa shape index (κ1) is 29.0. The van der Waals surface area contributed by atoms with E-state index in [-0.39, 0.29) is 0 Å². The van der Waals surface area contributed by atoms with Crippen molar-refractivity contribution in [3.63, 3.8) is 0 Å². The Bertz CT molecular complexity index is 2820. The van der Waals surface area contributed by atoms with E-state index < -0.39 is 0 Å². The number of nitrogens with zero attached hydrogens (tertiary/aromatic N) is 4. The molecule has 3 aromatic heterocycles. The zero-order valence-electron chi connectivity index (χ0n) is 27.4. The molecule has 0 N–H and O–H groups in total. The summed E-state index contributed by atoms with van der Waals surface area (Å²) in [6.45, 7) is 0. The Balaban J connectivity index is 1.03. The molecule has 0 aliphatic rings. The lowest BCUT2D eigenvalue weighted by molar-refractivity contribution is 0.669. The van der Waals surface area contributed by atoms with E-state index in [0.717, 1.165) is 71.9 Å². The van der Waals surface area contributed by atoms with Gasteiger partial charge in [0.1, 0.15) is 11.3 Å². The molecule has 0 radical (unpaired) electrons. The van der Waals surface area contributed by atoms with Crippen molar-refractivity contribution in [1.82, 2.24) is 19.9 Å². The minimum absolute atomic E-state index is 0.634. The molecule has 0 unspecified atom stereocenters. The van der Waals surface area contributed by atoms with Crippen LogP contribution < -0.4 is 0 Å². The zero-order valence-corrected chi connectivity index (χ0v) is 27.4. The summed E-state index contributed by atoms with van der Waals surface area (Å²) in [5.74, 6) is 1.93. The van der Waals surface area contributed by atoms with Gasteiger partial charge in [-0.1, -0.05) is 152 Å². The normalized spacial score (nSPS) is 11.5. The highest BCUT2D eigenvalue weighted by atomic mass is 16.3. The summed E-state index contributed by atoms with van der Waals surface area (Å²) >= 11 is 0.